The lowest BCUT2D eigenvalue weighted by Crippen LogP contribution is -1.99. The molecule has 0 unspecified atom stereocenters. The molecule has 5 nitrogen and oxygen atoms in total. The third-order valence-corrected chi connectivity index (χ3v) is 6.42. The van der Waals surface area contributed by atoms with Crippen molar-refractivity contribution in [3.05, 3.63) is 101 Å². The molecular formula is C25H20ClN5S. The van der Waals surface area contributed by atoms with Gasteiger partial charge in [0.15, 0.2) is 5.13 Å². The normalized spacial score (nSPS) is 10.9. The quantitative estimate of drug-likeness (QED) is 0.311. The SMILES string of the molecule is Cc1ccccc1-n1cc(CNc2nc(-c3ccc(Cl)cc3)c(-c3ccccc3)s2)nn1. The van der Waals surface area contributed by atoms with E-state index >= 15 is 0 Å². The van der Waals surface area contributed by atoms with Crippen LogP contribution in [0.1, 0.15) is 11.3 Å². The zero-order chi connectivity index (χ0) is 21.9. The van der Waals surface area contributed by atoms with E-state index in [9.17, 15) is 0 Å². The van der Waals surface area contributed by atoms with Gasteiger partial charge in [0.2, 0.25) is 0 Å². The molecule has 1 N–H and O–H groups in total. The minimum absolute atomic E-state index is 0.535. The van der Waals surface area contributed by atoms with Crippen LogP contribution in [0, 0.1) is 6.92 Å². The molecule has 0 radical (unpaired) electrons. The maximum absolute atomic E-state index is 6.09. The molecule has 0 aliphatic carbocycles. The molecule has 7 heteroatoms. The molecule has 2 aromatic heterocycles. The number of anilines is 1. The van der Waals surface area contributed by atoms with E-state index in [2.05, 4.69) is 40.8 Å². The first-order valence-corrected chi connectivity index (χ1v) is 11.4. The fourth-order valence-electron chi connectivity index (χ4n) is 3.47. The Morgan fingerprint density at radius 2 is 1.66 bits per heavy atom. The number of rotatable bonds is 6. The summed E-state index contributed by atoms with van der Waals surface area (Å²) >= 11 is 7.72. The third-order valence-electron chi connectivity index (χ3n) is 5.10. The van der Waals surface area contributed by atoms with Crippen molar-refractivity contribution >= 4 is 28.1 Å². The Hall–Kier alpha value is -3.48. The smallest absolute Gasteiger partial charge is 0.184 e. The van der Waals surface area contributed by atoms with Gasteiger partial charge in [-0.1, -0.05) is 88.8 Å². The first kappa shape index (κ1) is 20.4. The Bertz CT molecular complexity index is 1340. The molecule has 0 fully saturated rings. The monoisotopic (exact) mass is 457 g/mol. The minimum Gasteiger partial charge on any atom is -0.356 e. The Balaban J connectivity index is 1.41. The molecule has 0 bridgehead atoms. The van der Waals surface area contributed by atoms with Gasteiger partial charge >= 0.3 is 0 Å². The summed E-state index contributed by atoms with van der Waals surface area (Å²) in [6, 6.07) is 26.2. The lowest BCUT2D eigenvalue weighted by atomic mass is 10.1. The van der Waals surface area contributed by atoms with Crippen LogP contribution in [0.4, 0.5) is 5.13 Å². The predicted octanol–water partition coefficient (Wildman–Crippen LogP) is 6.63. The number of nitrogens with one attached hydrogen (secondary N) is 1. The largest absolute Gasteiger partial charge is 0.356 e. The van der Waals surface area contributed by atoms with E-state index in [-0.39, 0.29) is 0 Å². The van der Waals surface area contributed by atoms with Crippen molar-refractivity contribution in [2.24, 2.45) is 0 Å². The van der Waals surface area contributed by atoms with Crippen LogP contribution < -0.4 is 5.32 Å². The van der Waals surface area contributed by atoms with Gasteiger partial charge < -0.3 is 5.32 Å². The second-order valence-electron chi connectivity index (χ2n) is 7.36. The number of hydrogen-bond acceptors (Lipinski definition) is 5. The average molecular weight is 458 g/mol. The van der Waals surface area contributed by atoms with Crippen LogP contribution in [0.5, 0.6) is 0 Å². The summed E-state index contributed by atoms with van der Waals surface area (Å²) in [5.74, 6) is 0. The topological polar surface area (TPSA) is 55.6 Å². The molecule has 158 valence electrons. The fourth-order valence-corrected chi connectivity index (χ4v) is 4.58. The Morgan fingerprint density at radius 3 is 2.44 bits per heavy atom. The van der Waals surface area contributed by atoms with Crippen LogP contribution in [0.15, 0.2) is 85.1 Å². The molecule has 0 aliphatic rings. The van der Waals surface area contributed by atoms with Crippen molar-refractivity contribution in [3.8, 4) is 27.4 Å². The molecule has 2 heterocycles. The second-order valence-corrected chi connectivity index (χ2v) is 8.80. The van der Waals surface area contributed by atoms with Crippen molar-refractivity contribution in [2.45, 2.75) is 13.5 Å². The van der Waals surface area contributed by atoms with Gasteiger partial charge in [0.1, 0.15) is 5.69 Å². The molecule has 0 aliphatic heterocycles. The van der Waals surface area contributed by atoms with E-state index in [1.54, 1.807) is 11.3 Å². The molecule has 32 heavy (non-hydrogen) atoms. The van der Waals surface area contributed by atoms with Crippen molar-refractivity contribution < 1.29 is 0 Å². The number of aryl methyl sites for hydroxylation is 1. The Labute approximate surface area is 195 Å². The van der Waals surface area contributed by atoms with Crippen molar-refractivity contribution in [3.63, 3.8) is 0 Å². The summed E-state index contributed by atoms with van der Waals surface area (Å²) in [6.07, 6.45) is 1.95. The van der Waals surface area contributed by atoms with Crippen molar-refractivity contribution in [1.29, 1.82) is 0 Å². The average Bonchev–Trinajstić information content (AvgIpc) is 3.47. The highest BCUT2D eigenvalue weighted by molar-refractivity contribution is 7.19. The van der Waals surface area contributed by atoms with E-state index in [0.29, 0.717) is 11.6 Å². The van der Waals surface area contributed by atoms with Gasteiger partial charge in [-0.05, 0) is 36.2 Å². The van der Waals surface area contributed by atoms with Gasteiger partial charge in [-0.25, -0.2) is 9.67 Å². The Kier molecular flexibility index (Phi) is 5.71. The fraction of sp³-hybridized carbons (Fsp3) is 0.0800. The van der Waals surface area contributed by atoms with Crippen molar-refractivity contribution in [1.82, 2.24) is 20.0 Å². The highest BCUT2D eigenvalue weighted by Gasteiger charge is 2.15. The summed E-state index contributed by atoms with van der Waals surface area (Å²) in [5, 5.41) is 13.6. The maximum atomic E-state index is 6.09. The highest BCUT2D eigenvalue weighted by atomic mass is 35.5. The first-order valence-electron chi connectivity index (χ1n) is 10.2. The first-order chi connectivity index (χ1) is 15.7. The summed E-state index contributed by atoms with van der Waals surface area (Å²) in [4.78, 5) is 6.00. The minimum atomic E-state index is 0.535. The van der Waals surface area contributed by atoms with E-state index in [1.165, 1.54) is 0 Å². The Morgan fingerprint density at radius 1 is 0.906 bits per heavy atom. The molecule has 0 atom stereocenters. The molecule has 0 saturated carbocycles. The molecule has 5 aromatic rings. The van der Waals surface area contributed by atoms with E-state index in [0.717, 1.165) is 43.8 Å². The zero-order valence-electron chi connectivity index (χ0n) is 17.4. The molecule has 3 aromatic carbocycles. The van der Waals surface area contributed by atoms with Crippen molar-refractivity contribution in [2.75, 3.05) is 5.32 Å². The number of nitrogens with zero attached hydrogens (tertiary/aromatic N) is 4. The highest BCUT2D eigenvalue weighted by Crippen LogP contribution is 2.39. The van der Waals surface area contributed by atoms with E-state index in [1.807, 2.05) is 71.5 Å². The lowest BCUT2D eigenvalue weighted by Gasteiger charge is -2.03. The molecule has 5 rings (SSSR count). The number of hydrogen-bond donors (Lipinski definition) is 1. The van der Waals surface area contributed by atoms with Gasteiger partial charge in [-0.15, -0.1) is 5.10 Å². The molecular weight excluding hydrogens is 438 g/mol. The summed E-state index contributed by atoms with van der Waals surface area (Å²) in [6.45, 7) is 2.60. The summed E-state index contributed by atoms with van der Waals surface area (Å²) < 4.78 is 1.81. The van der Waals surface area contributed by atoms with E-state index in [4.69, 9.17) is 16.6 Å². The van der Waals surface area contributed by atoms with Gasteiger partial charge in [0.25, 0.3) is 0 Å². The van der Waals surface area contributed by atoms with Crippen LogP contribution >= 0.6 is 22.9 Å². The van der Waals surface area contributed by atoms with Crippen LogP contribution in [0.3, 0.4) is 0 Å². The number of para-hydroxylation sites is 1. The summed E-state index contributed by atoms with van der Waals surface area (Å²) in [5.41, 5.74) is 6.12. The van der Waals surface area contributed by atoms with Gasteiger partial charge in [-0.2, -0.15) is 0 Å². The maximum Gasteiger partial charge on any atom is 0.184 e. The second kappa shape index (κ2) is 8.94. The predicted molar refractivity (Wildman–Crippen MR) is 131 cm³/mol. The molecule has 0 saturated heterocycles. The molecule has 0 amide bonds. The molecule has 0 spiro atoms. The summed E-state index contributed by atoms with van der Waals surface area (Å²) in [7, 11) is 0. The lowest BCUT2D eigenvalue weighted by molar-refractivity contribution is 0.794. The van der Waals surface area contributed by atoms with Gasteiger partial charge in [0.05, 0.1) is 29.0 Å². The number of halogens is 1. The van der Waals surface area contributed by atoms with Gasteiger partial charge in [-0.3, -0.25) is 0 Å². The van der Waals surface area contributed by atoms with E-state index < -0.39 is 0 Å². The zero-order valence-corrected chi connectivity index (χ0v) is 18.9. The van der Waals surface area contributed by atoms with Crippen LogP contribution in [-0.2, 0) is 6.54 Å². The number of thiazole rings is 1. The van der Waals surface area contributed by atoms with Crippen LogP contribution in [0.2, 0.25) is 5.02 Å². The standard InChI is InChI=1S/C25H20ClN5S/c1-17-7-5-6-10-22(17)31-16-21(29-30-31)15-27-25-28-23(18-11-13-20(26)14-12-18)24(32-25)19-8-3-2-4-9-19/h2-14,16H,15H2,1H3,(H,27,28). The third kappa shape index (κ3) is 4.28. The number of benzene rings is 3. The van der Waals surface area contributed by atoms with Gasteiger partial charge in [0, 0.05) is 10.6 Å². The van der Waals surface area contributed by atoms with Crippen LogP contribution in [-0.4, -0.2) is 20.0 Å². The number of aromatic nitrogens is 4. The van der Waals surface area contributed by atoms with Crippen LogP contribution in [0.25, 0.3) is 27.4 Å².